The van der Waals surface area contributed by atoms with Gasteiger partial charge in [-0.1, -0.05) is 6.92 Å². The largest absolute Gasteiger partial charge is 0.374 e. The standard InChI is InChI=1S/C17H30N2O2/c1-11-12(2)21-13(3)16(11)17(20)19(15-4-5-15)10-14-6-8-18-9-7-14/h11-16,18H,4-10H2,1-3H3. The molecule has 3 aliphatic rings. The minimum atomic E-state index is 0.0577. The molecule has 0 spiro atoms. The minimum Gasteiger partial charge on any atom is -0.374 e. The van der Waals surface area contributed by atoms with Crippen molar-refractivity contribution in [2.24, 2.45) is 17.8 Å². The van der Waals surface area contributed by atoms with Crippen LogP contribution < -0.4 is 5.32 Å². The first-order valence-corrected chi connectivity index (χ1v) is 8.74. The van der Waals surface area contributed by atoms with E-state index in [0.717, 1.165) is 19.6 Å². The summed E-state index contributed by atoms with van der Waals surface area (Å²) in [6.07, 6.45) is 5.08. The molecule has 3 fully saturated rings. The molecular formula is C17H30N2O2. The number of nitrogens with zero attached hydrogens (tertiary/aromatic N) is 1. The number of ether oxygens (including phenoxy) is 1. The van der Waals surface area contributed by atoms with Crippen LogP contribution >= 0.6 is 0 Å². The number of piperidine rings is 1. The van der Waals surface area contributed by atoms with Crippen molar-refractivity contribution in [1.29, 1.82) is 0 Å². The molecule has 21 heavy (non-hydrogen) atoms. The molecule has 0 aromatic heterocycles. The van der Waals surface area contributed by atoms with Gasteiger partial charge in [0.25, 0.3) is 0 Å². The Bertz CT molecular complexity index is 377. The van der Waals surface area contributed by atoms with Crippen molar-refractivity contribution in [3.8, 4) is 0 Å². The molecule has 1 amide bonds. The monoisotopic (exact) mass is 294 g/mol. The number of amides is 1. The molecule has 3 rings (SSSR count). The van der Waals surface area contributed by atoms with E-state index >= 15 is 0 Å². The molecule has 4 unspecified atom stereocenters. The van der Waals surface area contributed by atoms with Crippen molar-refractivity contribution < 1.29 is 9.53 Å². The molecule has 2 saturated heterocycles. The maximum atomic E-state index is 13.1. The Hall–Kier alpha value is -0.610. The smallest absolute Gasteiger partial charge is 0.228 e. The fourth-order valence-electron chi connectivity index (χ4n) is 4.03. The van der Waals surface area contributed by atoms with Crippen molar-refractivity contribution in [3.05, 3.63) is 0 Å². The van der Waals surface area contributed by atoms with Gasteiger partial charge in [-0.3, -0.25) is 4.79 Å². The normalized spacial score (nSPS) is 37.7. The molecule has 0 bridgehead atoms. The lowest BCUT2D eigenvalue weighted by molar-refractivity contribution is -0.139. The van der Waals surface area contributed by atoms with Crippen LogP contribution in [0.1, 0.15) is 46.5 Å². The maximum absolute atomic E-state index is 13.1. The zero-order valence-electron chi connectivity index (χ0n) is 13.7. The summed E-state index contributed by atoms with van der Waals surface area (Å²) < 4.78 is 5.89. The number of hydrogen-bond donors (Lipinski definition) is 1. The van der Waals surface area contributed by atoms with Gasteiger partial charge in [-0.05, 0) is 64.5 Å². The van der Waals surface area contributed by atoms with E-state index in [1.54, 1.807) is 0 Å². The third kappa shape index (κ3) is 3.26. The minimum absolute atomic E-state index is 0.0577. The van der Waals surface area contributed by atoms with Crippen molar-refractivity contribution in [2.45, 2.75) is 64.7 Å². The highest BCUT2D eigenvalue weighted by Gasteiger charge is 2.46. The Labute approximate surface area is 128 Å². The van der Waals surface area contributed by atoms with E-state index < -0.39 is 0 Å². The van der Waals surface area contributed by atoms with E-state index in [4.69, 9.17) is 4.74 Å². The van der Waals surface area contributed by atoms with E-state index in [9.17, 15) is 4.79 Å². The van der Waals surface area contributed by atoms with Crippen LogP contribution in [0.4, 0.5) is 0 Å². The van der Waals surface area contributed by atoms with Crippen molar-refractivity contribution >= 4 is 5.91 Å². The van der Waals surface area contributed by atoms with Crippen molar-refractivity contribution in [3.63, 3.8) is 0 Å². The van der Waals surface area contributed by atoms with Crippen LogP contribution in [-0.2, 0) is 9.53 Å². The quantitative estimate of drug-likeness (QED) is 0.862. The van der Waals surface area contributed by atoms with Crippen LogP contribution in [0.2, 0.25) is 0 Å². The van der Waals surface area contributed by atoms with Crippen molar-refractivity contribution in [1.82, 2.24) is 10.2 Å². The van der Waals surface area contributed by atoms with Crippen LogP contribution in [0.5, 0.6) is 0 Å². The van der Waals surface area contributed by atoms with E-state index in [1.165, 1.54) is 25.7 Å². The first-order valence-electron chi connectivity index (χ1n) is 8.74. The summed E-state index contributed by atoms with van der Waals surface area (Å²) in [4.78, 5) is 15.3. The lowest BCUT2D eigenvalue weighted by Crippen LogP contribution is -2.45. The highest BCUT2D eigenvalue weighted by molar-refractivity contribution is 5.80. The van der Waals surface area contributed by atoms with Crippen LogP contribution in [0.25, 0.3) is 0 Å². The number of carbonyl (C=O) groups excluding carboxylic acids is 1. The SMILES string of the molecule is CC1OC(C)C(C(=O)N(CC2CCNCC2)C2CC2)C1C. The maximum Gasteiger partial charge on any atom is 0.228 e. The zero-order valence-corrected chi connectivity index (χ0v) is 13.7. The predicted octanol–water partition coefficient (Wildman–Crippen LogP) is 2.04. The molecule has 120 valence electrons. The Kier molecular flexibility index (Phi) is 4.55. The summed E-state index contributed by atoms with van der Waals surface area (Å²) in [5.41, 5.74) is 0. The number of rotatable bonds is 4. The molecule has 0 radical (unpaired) electrons. The summed E-state index contributed by atoms with van der Waals surface area (Å²) >= 11 is 0. The van der Waals surface area contributed by atoms with E-state index in [-0.39, 0.29) is 18.1 Å². The first kappa shape index (κ1) is 15.3. The van der Waals surface area contributed by atoms with Gasteiger partial charge in [0.2, 0.25) is 5.91 Å². The molecule has 2 heterocycles. The average Bonchev–Trinajstić information content (AvgIpc) is 3.26. The molecule has 1 aliphatic carbocycles. The molecular weight excluding hydrogens is 264 g/mol. The van der Waals surface area contributed by atoms with Crippen LogP contribution in [0, 0.1) is 17.8 Å². The molecule has 4 atom stereocenters. The van der Waals surface area contributed by atoms with Gasteiger partial charge in [-0.2, -0.15) is 0 Å². The Morgan fingerprint density at radius 2 is 1.76 bits per heavy atom. The lowest BCUT2D eigenvalue weighted by Gasteiger charge is -2.33. The number of carbonyl (C=O) groups is 1. The van der Waals surface area contributed by atoms with Gasteiger partial charge in [-0.15, -0.1) is 0 Å². The van der Waals surface area contributed by atoms with E-state index in [0.29, 0.717) is 23.8 Å². The molecule has 0 aromatic carbocycles. The van der Waals surface area contributed by atoms with Gasteiger partial charge in [-0.25, -0.2) is 0 Å². The molecule has 0 aromatic rings. The summed E-state index contributed by atoms with van der Waals surface area (Å²) in [6, 6.07) is 0.516. The molecule has 2 aliphatic heterocycles. The summed E-state index contributed by atoms with van der Waals surface area (Å²) in [6.45, 7) is 9.52. The topological polar surface area (TPSA) is 41.6 Å². The van der Waals surface area contributed by atoms with Crippen LogP contribution in [-0.4, -0.2) is 48.7 Å². The second-order valence-electron chi connectivity index (χ2n) is 7.35. The zero-order chi connectivity index (χ0) is 15.0. The van der Waals surface area contributed by atoms with E-state index in [2.05, 4.69) is 31.0 Å². The molecule has 4 nitrogen and oxygen atoms in total. The predicted molar refractivity (Wildman–Crippen MR) is 83.0 cm³/mol. The third-order valence-electron chi connectivity index (χ3n) is 5.71. The van der Waals surface area contributed by atoms with Gasteiger partial charge in [0, 0.05) is 12.6 Å². The average molecular weight is 294 g/mol. The number of hydrogen-bond acceptors (Lipinski definition) is 3. The molecule has 4 heteroatoms. The second kappa shape index (κ2) is 6.25. The first-order chi connectivity index (χ1) is 10.1. The Morgan fingerprint density at radius 1 is 1.10 bits per heavy atom. The van der Waals surface area contributed by atoms with Gasteiger partial charge >= 0.3 is 0 Å². The fourth-order valence-corrected chi connectivity index (χ4v) is 4.03. The molecule has 1 N–H and O–H groups in total. The number of nitrogens with one attached hydrogen (secondary N) is 1. The Balaban J connectivity index is 1.67. The van der Waals surface area contributed by atoms with E-state index in [1.807, 2.05) is 0 Å². The summed E-state index contributed by atoms with van der Waals surface area (Å²) in [5, 5.41) is 3.41. The second-order valence-corrected chi connectivity index (χ2v) is 7.35. The van der Waals surface area contributed by atoms with Crippen LogP contribution in [0.3, 0.4) is 0 Å². The fraction of sp³-hybridized carbons (Fsp3) is 0.941. The highest BCUT2D eigenvalue weighted by Crippen LogP contribution is 2.37. The summed E-state index contributed by atoms with van der Waals surface area (Å²) in [5.74, 6) is 1.44. The third-order valence-corrected chi connectivity index (χ3v) is 5.71. The van der Waals surface area contributed by atoms with Gasteiger partial charge in [0.15, 0.2) is 0 Å². The Morgan fingerprint density at radius 3 is 2.29 bits per heavy atom. The van der Waals surface area contributed by atoms with Crippen molar-refractivity contribution in [2.75, 3.05) is 19.6 Å². The summed E-state index contributed by atoms with van der Waals surface area (Å²) in [7, 11) is 0. The lowest BCUT2D eigenvalue weighted by atomic mass is 9.87. The van der Waals surface area contributed by atoms with Gasteiger partial charge < -0.3 is 15.0 Å². The van der Waals surface area contributed by atoms with Gasteiger partial charge in [0.1, 0.15) is 0 Å². The molecule has 1 saturated carbocycles. The van der Waals surface area contributed by atoms with Gasteiger partial charge in [0.05, 0.1) is 18.1 Å². The van der Waals surface area contributed by atoms with Crippen LogP contribution in [0.15, 0.2) is 0 Å². The highest BCUT2D eigenvalue weighted by atomic mass is 16.5.